The number of carbonyl (C=O) groups is 2. The van der Waals surface area contributed by atoms with Gasteiger partial charge in [-0.15, -0.1) is 0 Å². The normalized spacial score (nSPS) is 17.0. The number of hydrogen-bond acceptors (Lipinski definition) is 4. The zero-order valence-corrected chi connectivity index (χ0v) is 12.3. The number of phenols is 1. The van der Waals surface area contributed by atoms with E-state index in [4.69, 9.17) is 28.3 Å². The predicted octanol–water partition coefficient (Wildman–Crippen LogP) is 3.29. The van der Waals surface area contributed by atoms with E-state index in [9.17, 15) is 14.7 Å². The summed E-state index contributed by atoms with van der Waals surface area (Å²) in [6, 6.07) is 3.03. The van der Waals surface area contributed by atoms with Gasteiger partial charge in [0.1, 0.15) is 6.54 Å². The van der Waals surface area contributed by atoms with Gasteiger partial charge in [0, 0.05) is 4.91 Å². The lowest BCUT2D eigenvalue weighted by molar-refractivity contribution is -0.137. The summed E-state index contributed by atoms with van der Waals surface area (Å²) >= 11 is 12.6. The molecule has 0 radical (unpaired) electrons. The molecule has 0 spiro atoms. The van der Waals surface area contributed by atoms with Crippen molar-refractivity contribution >= 4 is 52.2 Å². The molecule has 0 saturated carbocycles. The van der Waals surface area contributed by atoms with Crippen LogP contribution in [0, 0.1) is 0 Å². The van der Waals surface area contributed by atoms with Gasteiger partial charge in [-0.05, 0) is 35.5 Å². The molecule has 2 N–H and O–H groups in total. The summed E-state index contributed by atoms with van der Waals surface area (Å²) in [6.07, 6.45) is 1.68. The van der Waals surface area contributed by atoms with Crippen LogP contribution in [-0.4, -0.2) is 39.4 Å². The summed E-state index contributed by atoms with van der Waals surface area (Å²) in [5, 5.41) is 18.1. The van der Waals surface area contributed by atoms with Gasteiger partial charge in [-0.3, -0.25) is 9.59 Å². The molecule has 0 atom stereocenters. The molecule has 1 heterocycles. The summed E-state index contributed by atoms with van der Waals surface area (Å²) in [7, 11) is 0. The lowest BCUT2D eigenvalue weighted by atomic mass is 10.2. The molecule has 0 aliphatic carbocycles. The molecule has 5 nitrogen and oxygen atoms in total. The van der Waals surface area contributed by atoms with E-state index in [1.165, 1.54) is 17.0 Å². The van der Waals surface area contributed by atoms with Gasteiger partial charge in [-0.2, -0.15) is 0 Å². The fraction of sp³-hybridized carbons (Fsp3) is 0.167. The van der Waals surface area contributed by atoms with Gasteiger partial charge in [0.15, 0.2) is 5.75 Å². The van der Waals surface area contributed by atoms with E-state index >= 15 is 0 Å². The second kappa shape index (κ2) is 5.95. The number of carboxylic acids is 1. The Morgan fingerprint density at radius 3 is 2.55 bits per heavy atom. The van der Waals surface area contributed by atoms with Crippen LogP contribution in [0.15, 0.2) is 17.0 Å². The van der Waals surface area contributed by atoms with Crippen LogP contribution in [0.5, 0.6) is 5.75 Å². The maximum atomic E-state index is 11.6. The monoisotopic (exact) mass is 333 g/mol. The maximum Gasteiger partial charge on any atom is 0.323 e. The number of halogens is 2. The van der Waals surface area contributed by atoms with E-state index in [1.807, 2.05) is 0 Å². The zero-order chi connectivity index (χ0) is 14.9. The van der Waals surface area contributed by atoms with Crippen LogP contribution in [0.25, 0.3) is 6.08 Å². The summed E-state index contributed by atoms with van der Waals surface area (Å²) < 4.78 is 0. The number of rotatable bonds is 3. The molecule has 1 aromatic rings. The molecule has 1 amide bonds. The van der Waals surface area contributed by atoms with Crippen molar-refractivity contribution in [3.63, 3.8) is 0 Å². The van der Waals surface area contributed by atoms with Crippen LogP contribution in [0.1, 0.15) is 5.56 Å². The third-order valence-corrected chi connectivity index (χ3v) is 4.03. The number of carbonyl (C=O) groups excluding carboxylic acids is 1. The van der Waals surface area contributed by atoms with Crippen molar-refractivity contribution in [2.24, 2.45) is 0 Å². The molecule has 0 unspecified atom stereocenters. The Balaban J connectivity index is 2.21. The summed E-state index contributed by atoms with van der Waals surface area (Å²) in [4.78, 5) is 24.1. The van der Waals surface area contributed by atoms with E-state index in [1.54, 1.807) is 6.08 Å². The zero-order valence-electron chi connectivity index (χ0n) is 9.97. The number of hydrogen-bond donors (Lipinski definition) is 2. The highest BCUT2D eigenvalue weighted by Crippen LogP contribution is 2.35. The fourth-order valence-electron chi connectivity index (χ4n) is 1.67. The Kier molecular flexibility index (Phi) is 4.47. The number of amides is 1. The summed E-state index contributed by atoms with van der Waals surface area (Å²) in [5.41, 5.74) is 0.630. The molecule has 106 valence electrons. The molecule has 20 heavy (non-hydrogen) atoms. The molecule has 8 heteroatoms. The topological polar surface area (TPSA) is 77.8 Å². The largest absolute Gasteiger partial charge is 0.505 e. The van der Waals surface area contributed by atoms with Gasteiger partial charge in [-0.1, -0.05) is 23.2 Å². The lowest BCUT2D eigenvalue weighted by Gasteiger charge is -2.09. The highest BCUT2D eigenvalue weighted by Gasteiger charge is 2.27. The Labute approximate surface area is 128 Å². The Morgan fingerprint density at radius 1 is 1.40 bits per heavy atom. The number of aliphatic carboxylic acids is 1. The molecular formula is C12H9Cl2NO4S. The van der Waals surface area contributed by atoms with Crippen molar-refractivity contribution in [2.45, 2.75) is 0 Å². The highest BCUT2D eigenvalue weighted by molar-refractivity contribution is 8.17. The van der Waals surface area contributed by atoms with Crippen molar-refractivity contribution in [1.29, 1.82) is 0 Å². The van der Waals surface area contributed by atoms with Gasteiger partial charge in [-0.25, -0.2) is 0 Å². The first-order valence-corrected chi connectivity index (χ1v) is 7.01. The summed E-state index contributed by atoms with van der Waals surface area (Å²) in [6.45, 7) is -0.105. The van der Waals surface area contributed by atoms with Gasteiger partial charge in [0.05, 0.1) is 16.6 Å². The maximum absolute atomic E-state index is 11.6. The number of benzene rings is 1. The molecule has 0 bridgehead atoms. The SMILES string of the molecule is O=C(O)CN1C/C(=C/c2cc(Cl)c(O)c(Cl)c2)SC1=O. The fourth-order valence-corrected chi connectivity index (χ4v) is 3.08. The van der Waals surface area contributed by atoms with Crippen LogP contribution in [-0.2, 0) is 4.79 Å². The number of nitrogens with zero attached hydrogens (tertiary/aromatic N) is 1. The van der Waals surface area contributed by atoms with Crippen molar-refractivity contribution in [2.75, 3.05) is 13.1 Å². The van der Waals surface area contributed by atoms with Crippen molar-refractivity contribution in [1.82, 2.24) is 4.90 Å². The lowest BCUT2D eigenvalue weighted by Crippen LogP contribution is -2.29. The third-order valence-electron chi connectivity index (χ3n) is 2.52. The van der Waals surface area contributed by atoms with Crippen LogP contribution >= 0.6 is 35.0 Å². The van der Waals surface area contributed by atoms with Crippen LogP contribution in [0.4, 0.5) is 4.79 Å². The molecule has 1 aliphatic rings. The molecule has 1 fully saturated rings. The second-order valence-electron chi connectivity index (χ2n) is 4.06. The average Bonchev–Trinajstić information content (AvgIpc) is 2.65. The number of thioether (sulfide) groups is 1. The van der Waals surface area contributed by atoms with E-state index in [0.29, 0.717) is 10.5 Å². The minimum Gasteiger partial charge on any atom is -0.505 e. The molecule has 2 rings (SSSR count). The number of carboxylic acid groups (broad SMARTS) is 1. The summed E-state index contributed by atoms with van der Waals surface area (Å²) in [5.74, 6) is -1.26. The number of aromatic hydroxyl groups is 1. The smallest absolute Gasteiger partial charge is 0.323 e. The van der Waals surface area contributed by atoms with E-state index in [2.05, 4.69) is 0 Å². The van der Waals surface area contributed by atoms with Crippen molar-refractivity contribution in [3.05, 3.63) is 32.6 Å². The molecule has 1 saturated heterocycles. The first kappa shape index (κ1) is 15.0. The van der Waals surface area contributed by atoms with E-state index in [-0.39, 0.29) is 34.1 Å². The predicted molar refractivity (Wildman–Crippen MR) is 78.3 cm³/mol. The van der Waals surface area contributed by atoms with Crippen molar-refractivity contribution < 1.29 is 19.8 Å². The Bertz CT molecular complexity index is 594. The van der Waals surface area contributed by atoms with Gasteiger partial charge in [0.2, 0.25) is 0 Å². The number of phenolic OH excluding ortho intramolecular Hbond substituents is 1. The molecule has 1 aliphatic heterocycles. The quantitative estimate of drug-likeness (QED) is 0.887. The minimum atomic E-state index is -1.06. The second-order valence-corrected chi connectivity index (χ2v) is 5.95. The van der Waals surface area contributed by atoms with Crippen LogP contribution in [0.2, 0.25) is 10.0 Å². The molecule has 1 aromatic carbocycles. The molecular weight excluding hydrogens is 325 g/mol. The highest BCUT2D eigenvalue weighted by atomic mass is 35.5. The van der Waals surface area contributed by atoms with Crippen LogP contribution in [0.3, 0.4) is 0 Å². The first-order chi connectivity index (χ1) is 9.36. The first-order valence-electron chi connectivity index (χ1n) is 5.44. The standard InChI is InChI=1S/C12H9Cl2NO4S/c13-8-2-6(3-9(14)11(8)18)1-7-4-15(5-10(16)17)12(19)20-7/h1-3,18H,4-5H2,(H,16,17)/b7-1-. The van der Waals surface area contributed by atoms with Crippen molar-refractivity contribution in [3.8, 4) is 5.75 Å². The minimum absolute atomic E-state index is 0.112. The van der Waals surface area contributed by atoms with Gasteiger partial charge < -0.3 is 15.1 Å². The average molecular weight is 334 g/mol. The van der Waals surface area contributed by atoms with E-state index < -0.39 is 5.97 Å². The van der Waals surface area contributed by atoms with Gasteiger partial charge >= 0.3 is 5.97 Å². The van der Waals surface area contributed by atoms with E-state index in [0.717, 1.165) is 11.8 Å². The third kappa shape index (κ3) is 3.39. The molecule has 0 aromatic heterocycles. The van der Waals surface area contributed by atoms with Gasteiger partial charge in [0.25, 0.3) is 5.24 Å². The van der Waals surface area contributed by atoms with Crippen LogP contribution < -0.4 is 0 Å². The Hall–Kier alpha value is -1.37. The Morgan fingerprint density at radius 2 is 2.00 bits per heavy atom.